The lowest BCUT2D eigenvalue weighted by Crippen LogP contribution is -2.60. The number of unbranched alkanes of at least 4 members (excludes halogenated alkanes) is 21. The number of carbonyl (C=O) groups excluding carboxylic acids is 1. The van der Waals surface area contributed by atoms with Crippen LogP contribution in [0, 0.1) is 0 Å². The molecule has 0 aromatic carbocycles. The molecule has 0 bridgehead atoms. The zero-order valence-electron chi connectivity index (χ0n) is 33.8. The molecule has 1 saturated heterocycles. The number of nitrogens with one attached hydrogen (secondary N) is 1. The van der Waals surface area contributed by atoms with Crippen LogP contribution in [-0.4, -0.2) is 87.5 Å². The van der Waals surface area contributed by atoms with Crippen LogP contribution in [0.25, 0.3) is 0 Å². The van der Waals surface area contributed by atoms with Gasteiger partial charge < -0.3 is 40.3 Å². The lowest BCUT2D eigenvalue weighted by molar-refractivity contribution is -0.302. The van der Waals surface area contributed by atoms with Gasteiger partial charge in [-0.3, -0.25) is 4.79 Å². The number of carbonyl (C=O) groups is 1. The molecule has 0 saturated carbocycles. The van der Waals surface area contributed by atoms with E-state index >= 15 is 0 Å². The maximum atomic E-state index is 12.9. The summed E-state index contributed by atoms with van der Waals surface area (Å²) in [6, 6.07) is -0.809. The molecule has 1 aliphatic rings. The van der Waals surface area contributed by atoms with E-state index in [1.165, 1.54) is 96.3 Å². The van der Waals surface area contributed by atoms with Crippen molar-refractivity contribution in [1.29, 1.82) is 0 Å². The largest absolute Gasteiger partial charge is 0.394 e. The SMILES string of the molecule is CCCCCC/C=C\C/C=C\CCCCCCCC(=O)NC(COC1OC(CO)C(O)C(O)C1O)C(O)/C=C/CCCCCCCCCCCCCC. The van der Waals surface area contributed by atoms with E-state index in [2.05, 4.69) is 43.5 Å². The van der Waals surface area contributed by atoms with E-state index in [1.54, 1.807) is 6.08 Å². The van der Waals surface area contributed by atoms with E-state index in [9.17, 15) is 30.3 Å². The third kappa shape index (κ3) is 26.0. The second-order valence-corrected chi connectivity index (χ2v) is 15.1. The highest BCUT2D eigenvalue weighted by molar-refractivity contribution is 5.76. The number of rotatable bonds is 35. The first kappa shape index (κ1) is 49.4. The van der Waals surface area contributed by atoms with Gasteiger partial charge in [0.1, 0.15) is 24.4 Å². The lowest BCUT2D eigenvalue weighted by Gasteiger charge is -2.40. The average molecular weight is 752 g/mol. The first-order valence-corrected chi connectivity index (χ1v) is 21.7. The average Bonchev–Trinajstić information content (AvgIpc) is 3.16. The van der Waals surface area contributed by atoms with Crippen LogP contribution in [0.3, 0.4) is 0 Å². The molecule has 0 radical (unpaired) electrons. The van der Waals surface area contributed by atoms with Crippen molar-refractivity contribution < 1.29 is 39.8 Å². The third-order valence-electron chi connectivity index (χ3n) is 10.2. The van der Waals surface area contributed by atoms with Gasteiger partial charge in [0.05, 0.1) is 25.4 Å². The zero-order chi connectivity index (χ0) is 38.8. The predicted octanol–water partition coefficient (Wildman–Crippen LogP) is 8.50. The molecule has 1 fully saturated rings. The summed E-state index contributed by atoms with van der Waals surface area (Å²) < 4.78 is 11.2. The van der Waals surface area contributed by atoms with E-state index in [4.69, 9.17) is 9.47 Å². The molecular weight excluding hydrogens is 670 g/mol. The Morgan fingerprint density at radius 3 is 1.64 bits per heavy atom. The van der Waals surface area contributed by atoms with Crippen LogP contribution < -0.4 is 5.32 Å². The molecule has 0 spiro atoms. The van der Waals surface area contributed by atoms with Crippen molar-refractivity contribution >= 4 is 5.91 Å². The Labute approximate surface area is 323 Å². The number of hydrogen-bond acceptors (Lipinski definition) is 8. The quantitative estimate of drug-likeness (QED) is 0.0279. The van der Waals surface area contributed by atoms with Gasteiger partial charge in [-0.2, -0.15) is 0 Å². The van der Waals surface area contributed by atoms with Crippen LogP contribution in [0.2, 0.25) is 0 Å². The number of amides is 1. The third-order valence-corrected chi connectivity index (χ3v) is 10.2. The van der Waals surface area contributed by atoms with Gasteiger partial charge >= 0.3 is 0 Å². The number of ether oxygens (including phenoxy) is 2. The Kier molecular flexibility index (Phi) is 32.5. The smallest absolute Gasteiger partial charge is 0.220 e. The normalized spacial score (nSPS) is 22.0. The van der Waals surface area contributed by atoms with E-state index in [1.807, 2.05) is 6.08 Å². The molecule has 1 heterocycles. The maximum absolute atomic E-state index is 12.9. The number of aliphatic hydroxyl groups excluding tert-OH is 5. The van der Waals surface area contributed by atoms with Crippen LogP contribution in [0.15, 0.2) is 36.5 Å². The Bertz CT molecular complexity index is 925. The van der Waals surface area contributed by atoms with Crippen LogP contribution in [0.4, 0.5) is 0 Å². The second-order valence-electron chi connectivity index (χ2n) is 15.1. The Balaban J connectivity index is 2.41. The van der Waals surface area contributed by atoms with Crippen LogP contribution in [0.5, 0.6) is 0 Å². The van der Waals surface area contributed by atoms with Crippen molar-refractivity contribution in [2.75, 3.05) is 13.2 Å². The first-order valence-electron chi connectivity index (χ1n) is 21.7. The van der Waals surface area contributed by atoms with Gasteiger partial charge in [-0.25, -0.2) is 0 Å². The Hall–Kier alpha value is -1.59. The van der Waals surface area contributed by atoms with E-state index in [0.717, 1.165) is 64.2 Å². The summed E-state index contributed by atoms with van der Waals surface area (Å²) in [5.74, 6) is -0.192. The summed E-state index contributed by atoms with van der Waals surface area (Å²) in [4.78, 5) is 12.9. The van der Waals surface area contributed by atoms with Gasteiger partial charge in [0.25, 0.3) is 0 Å². The van der Waals surface area contributed by atoms with Crippen molar-refractivity contribution in [3.63, 3.8) is 0 Å². The molecule has 0 aliphatic carbocycles. The molecule has 9 nitrogen and oxygen atoms in total. The highest BCUT2D eigenvalue weighted by atomic mass is 16.7. The highest BCUT2D eigenvalue weighted by Crippen LogP contribution is 2.22. The van der Waals surface area contributed by atoms with E-state index in [0.29, 0.717) is 6.42 Å². The van der Waals surface area contributed by atoms with Gasteiger partial charge in [-0.15, -0.1) is 0 Å². The fraction of sp³-hybridized carbons (Fsp3) is 0.841. The molecule has 1 amide bonds. The van der Waals surface area contributed by atoms with Gasteiger partial charge in [-0.1, -0.05) is 159 Å². The molecule has 7 atom stereocenters. The molecule has 53 heavy (non-hydrogen) atoms. The standard InChI is InChI=1S/C44H81NO8/c1-3-5-7-9-11-13-15-17-19-20-22-24-26-28-30-32-34-40(48)45-37(36-52-44-43(51)42(50)41(49)39(35-46)53-44)38(47)33-31-29-27-25-23-21-18-16-14-12-10-8-6-4-2/h13,15,19-20,31,33,37-39,41-44,46-47,49-51H,3-12,14,16-18,21-30,32,34-36H2,1-2H3,(H,45,48)/b15-13-,20-19-,33-31+. The minimum atomic E-state index is -1.57. The number of aliphatic hydroxyl groups is 5. The van der Waals surface area contributed by atoms with E-state index in [-0.39, 0.29) is 12.5 Å². The Morgan fingerprint density at radius 2 is 1.11 bits per heavy atom. The molecule has 1 rings (SSSR count). The molecule has 310 valence electrons. The molecule has 7 unspecified atom stereocenters. The van der Waals surface area contributed by atoms with Crippen molar-refractivity contribution in [3.05, 3.63) is 36.5 Å². The molecule has 6 N–H and O–H groups in total. The van der Waals surface area contributed by atoms with Gasteiger partial charge in [0.15, 0.2) is 6.29 Å². The summed E-state index contributed by atoms with van der Waals surface area (Å²) >= 11 is 0. The van der Waals surface area contributed by atoms with E-state index < -0.39 is 49.5 Å². The van der Waals surface area contributed by atoms with Crippen molar-refractivity contribution in [2.45, 2.75) is 224 Å². The summed E-state index contributed by atoms with van der Waals surface area (Å²) in [7, 11) is 0. The summed E-state index contributed by atoms with van der Waals surface area (Å²) in [5.41, 5.74) is 0. The monoisotopic (exact) mass is 752 g/mol. The topological polar surface area (TPSA) is 149 Å². The van der Waals surface area contributed by atoms with Crippen molar-refractivity contribution in [1.82, 2.24) is 5.32 Å². The first-order chi connectivity index (χ1) is 25.8. The number of allylic oxidation sites excluding steroid dienone is 5. The van der Waals surface area contributed by atoms with Gasteiger partial charge in [0, 0.05) is 6.42 Å². The maximum Gasteiger partial charge on any atom is 0.220 e. The second kappa shape index (κ2) is 34.9. The fourth-order valence-corrected chi connectivity index (χ4v) is 6.65. The van der Waals surface area contributed by atoms with Crippen LogP contribution in [-0.2, 0) is 14.3 Å². The molecular formula is C44H81NO8. The number of hydrogen-bond donors (Lipinski definition) is 6. The van der Waals surface area contributed by atoms with Gasteiger partial charge in [0.2, 0.25) is 5.91 Å². The molecule has 0 aromatic rings. The Morgan fingerprint density at radius 1 is 0.642 bits per heavy atom. The van der Waals surface area contributed by atoms with Crippen LogP contribution >= 0.6 is 0 Å². The lowest BCUT2D eigenvalue weighted by atomic mass is 9.99. The summed E-state index contributed by atoms with van der Waals surface area (Å²) in [5, 5.41) is 54.1. The molecule has 0 aromatic heterocycles. The fourth-order valence-electron chi connectivity index (χ4n) is 6.65. The molecule has 1 aliphatic heterocycles. The summed E-state index contributed by atoms with van der Waals surface area (Å²) in [6.07, 6.45) is 34.6. The highest BCUT2D eigenvalue weighted by Gasteiger charge is 2.44. The molecule has 9 heteroatoms. The minimum absolute atomic E-state index is 0.192. The van der Waals surface area contributed by atoms with Gasteiger partial charge in [-0.05, 0) is 51.4 Å². The van der Waals surface area contributed by atoms with Crippen molar-refractivity contribution in [3.8, 4) is 0 Å². The minimum Gasteiger partial charge on any atom is -0.394 e. The summed E-state index contributed by atoms with van der Waals surface area (Å²) in [6.45, 7) is 3.73. The zero-order valence-corrected chi connectivity index (χ0v) is 33.8. The van der Waals surface area contributed by atoms with Crippen molar-refractivity contribution in [2.24, 2.45) is 0 Å². The van der Waals surface area contributed by atoms with Crippen LogP contribution in [0.1, 0.15) is 181 Å². The predicted molar refractivity (Wildman–Crippen MR) is 216 cm³/mol.